The zero-order valence-electron chi connectivity index (χ0n) is 11.4. The van der Waals surface area contributed by atoms with Crippen LogP contribution in [0.5, 0.6) is 0 Å². The van der Waals surface area contributed by atoms with Crippen LogP contribution in [-0.4, -0.2) is 71.8 Å². The van der Waals surface area contributed by atoms with Crippen molar-refractivity contribution in [3.8, 4) is 0 Å². The second kappa shape index (κ2) is 6.08. The summed E-state index contributed by atoms with van der Waals surface area (Å²) in [6.45, 7) is -0.387. The molecule has 1 aliphatic heterocycles. The topological polar surface area (TPSA) is 72.9 Å². The molecule has 2 aliphatic rings. The van der Waals surface area contributed by atoms with E-state index in [1.807, 2.05) is 0 Å². The Kier molecular flexibility index (Phi) is 4.60. The van der Waals surface area contributed by atoms with Crippen molar-refractivity contribution in [1.82, 2.24) is 15.1 Å². The molecule has 1 saturated carbocycles. The van der Waals surface area contributed by atoms with Crippen molar-refractivity contribution in [2.45, 2.75) is 25.1 Å². The number of rotatable bonds is 4. The lowest BCUT2D eigenvalue weighted by molar-refractivity contribution is -0.148. The van der Waals surface area contributed by atoms with Crippen molar-refractivity contribution < 1.29 is 27.9 Å². The van der Waals surface area contributed by atoms with Crippen LogP contribution in [0.25, 0.3) is 0 Å². The lowest BCUT2D eigenvalue weighted by Crippen LogP contribution is -2.56. The van der Waals surface area contributed by atoms with Crippen LogP contribution in [0.3, 0.4) is 0 Å². The largest absolute Gasteiger partial charge is 0.480 e. The minimum atomic E-state index is -4.25. The van der Waals surface area contributed by atoms with Crippen molar-refractivity contribution in [3.05, 3.63) is 0 Å². The van der Waals surface area contributed by atoms with E-state index < -0.39 is 30.8 Å². The molecular weight excluding hydrogens is 291 g/mol. The van der Waals surface area contributed by atoms with Crippen LogP contribution in [0.15, 0.2) is 0 Å². The molecule has 2 amide bonds. The van der Waals surface area contributed by atoms with Gasteiger partial charge in [0.2, 0.25) is 0 Å². The second-order valence-electron chi connectivity index (χ2n) is 5.48. The Morgan fingerprint density at radius 2 is 1.76 bits per heavy atom. The fourth-order valence-corrected chi connectivity index (χ4v) is 2.40. The van der Waals surface area contributed by atoms with Gasteiger partial charge in [-0.05, 0) is 18.8 Å². The molecule has 1 atom stereocenters. The van der Waals surface area contributed by atoms with Crippen LogP contribution in [0.4, 0.5) is 18.0 Å². The van der Waals surface area contributed by atoms with Gasteiger partial charge in [0.05, 0.1) is 6.54 Å². The summed E-state index contributed by atoms with van der Waals surface area (Å²) < 4.78 is 36.8. The molecule has 21 heavy (non-hydrogen) atoms. The normalized spacial score (nSPS) is 22.0. The molecule has 2 N–H and O–H groups in total. The molecule has 0 spiro atoms. The molecule has 1 saturated heterocycles. The number of carbonyl (C=O) groups excluding carboxylic acids is 1. The van der Waals surface area contributed by atoms with E-state index in [4.69, 9.17) is 5.11 Å². The first-order valence-corrected chi connectivity index (χ1v) is 6.83. The van der Waals surface area contributed by atoms with E-state index in [-0.39, 0.29) is 32.1 Å². The minimum absolute atomic E-state index is 0.0297. The first-order valence-electron chi connectivity index (χ1n) is 6.83. The molecule has 1 heterocycles. The number of hydrogen-bond donors (Lipinski definition) is 2. The summed E-state index contributed by atoms with van der Waals surface area (Å²) in [7, 11) is 0. The van der Waals surface area contributed by atoms with E-state index in [9.17, 15) is 22.8 Å². The van der Waals surface area contributed by atoms with Crippen LogP contribution < -0.4 is 5.32 Å². The molecule has 2 rings (SSSR count). The Bertz CT molecular complexity index is 404. The van der Waals surface area contributed by atoms with Crippen LogP contribution >= 0.6 is 0 Å². The van der Waals surface area contributed by atoms with E-state index in [1.165, 1.54) is 9.80 Å². The number of hydrogen-bond acceptors (Lipinski definition) is 3. The summed E-state index contributed by atoms with van der Waals surface area (Å²) in [6.07, 6.45) is -2.70. The summed E-state index contributed by atoms with van der Waals surface area (Å²) in [5.74, 6) is -1.10. The highest BCUT2D eigenvalue weighted by Crippen LogP contribution is 2.32. The van der Waals surface area contributed by atoms with Crippen molar-refractivity contribution in [2.24, 2.45) is 5.92 Å². The molecule has 1 aliphatic carbocycles. The molecule has 1 unspecified atom stereocenters. The number of carboxylic acid groups (broad SMARTS) is 1. The summed E-state index contributed by atoms with van der Waals surface area (Å²) in [5, 5.41) is 11.5. The molecule has 0 aromatic heterocycles. The predicted molar refractivity (Wildman–Crippen MR) is 66.7 cm³/mol. The zero-order chi connectivity index (χ0) is 15.6. The molecule has 0 aromatic rings. The van der Waals surface area contributed by atoms with Crippen molar-refractivity contribution in [1.29, 1.82) is 0 Å². The van der Waals surface area contributed by atoms with Gasteiger partial charge in [0.1, 0.15) is 6.04 Å². The number of amides is 2. The maximum absolute atomic E-state index is 12.3. The molecule has 2 fully saturated rings. The fraction of sp³-hybridized carbons (Fsp3) is 0.833. The van der Waals surface area contributed by atoms with Crippen molar-refractivity contribution in [2.75, 3.05) is 32.7 Å². The van der Waals surface area contributed by atoms with Gasteiger partial charge in [-0.3, -0.25) is 4.90 Å². The number of nitrogens with one attached hydrogen (secondary N) is 1. The quantitative estimate of drug-likeness (QED) is 0.803. The third kappa shape index (κ3) is 4.76. The maximum Gasteiger partial charge on any atom is 0.401 e. The van der Waals surface area contributed by atoms with E-state index in [2.05, 4.69) is 5.32 Å². The molecule has 0 bridgehead atoms. The van der Waals surface area contributed by atoms with Gasteiger partial charge >= 0.3 is 18.2 Å². The molecule has 0 radical (unpaired) electrons. The van der Waals surface area contributed by atoms with Crippen molar-refractivity contribution in [3.63, 3.8) is 0 Å². The molecular formula is C12H18F3N3O3. The number of halogens is 3. The lowest BCUT2D eigenvalue weighted by atomic mass is 10.2. The summed E-state index contributed by atoms with van der Waals surface area (Å²) in [4.78, 5) is 25.6. The van der Waals surface area contributed by atoms with Gasteiger partial charge in [-0.2, -0.15) is 13.2 Å². The predicted octanol–water partition coefficient (Wildman–Crippen LogP) is 0.739. The van der Waals surface area contributed by atoms with Gasteiger partial charge in [-0.25, -0.2) is 9.59 Å². The smallest absolute Gasteiger partial charge is 0.401 e. The SMILES string of the molecule is O=C(O)C(NC(=O)N1CCN(CC(F)(F)F)CC1)C1CC1. The Morgan fingerprint density at radius 3 is 2.19 bits per heavy atom. The Morgan fingerprint density at radius 1 is 1.19 bits per heavy atom. The third-order valence-electron chi connectivity index (χ3n) is 3.70. The monoisotopic (exact) mass is 309 g/mol. The van der Waals surface area contributed by atoms with E-state index >= 15 is 0 Å². The van der Waals surface area contributed by atoms with Crippen LogP contribution in [0.1, 0.15) is 12.8 Å². The number of urea groups is 1. The minimum Gasteiger partial charge on any atom is -0.480 e. The Balaban J connectivity index is 1.78. The highest BCUT2D eigenvalue weighted by atomic mass is 19.4. The third-order valence-corrected chi connectivity index (χ3v) is 3.70. The zero-order valence-corrected chi connectivity index (χ0v) is 11.4. The van der Waals surface area contributed by atoms with Crippen LogP contribution in [0, 0.1) is 5.92 Å². The van der Waals surface area contributed by atoms with Gasteiger partial charge in [0.25, 0.3) is 0 Å². The first-order chi connectivity index (χ1) is 9.76. The number of carbonyl (C=O) groups is 2. The number of carboxylic acids is 1. The molecule has 9 heteroatoms. The van der Waals surface area contributed by atoms with Gasteiger partial charge in [-0.1, -0.05) is 0 Å². The van der Waals surface area contributed by atoms with Crippen molar-refractivity contribution >= 4 is 12.0 Å². The lowest BCUT2D eigenvalue weighted by Gasteiger charge is -2.35. The molecule has 0 aromatic carbocycles. The summed E-state index contributed by atoms with van der Waals surface area (Å²) in [6, 6.07) is -1.41. The summed E-state index contributed by atoms with van der Waals surface area (Å²) in [5.41, 5.74) is 0. The average Bonchev–Trinajstić information content (AvgIpc) is 3.18. The average molecular weight is 309 g/mol. The second-order valence-corrected chi connectivity index (χ2v) is 5.48. The number of nitrogens with zero attached hydrogens (tertiary/aromatic N) is 2. The number of piperazine rings is 1. The Hall–Kier alpha value is -1.51. The van der Waals surface area contributed by atoms with Crippen LogP contribution in [0.2, 0.25) is 0 Å². The molecule has 6 nitrogen and oxygen atoms in total. The van der Waals surface area contributed by atoms with E-state index in [0.717, 1.165) is 12.8 Å². The van der Waals surface area contributed by atoms with E-state index in [1.54, 1.807) is 0 Å². The van der Waals surface area contributed by atoms with E-state index in [0.29, 0.717) is 0 Å². The van der Waals surface area contributed by atoms with Gasteiger partial charge < -0.3 is 15.3 Å². The highest BCUT2D eigenvalue weighted by molar-refractivity contribution is 5.83. The summed E-state index contributed by atoms with van der Waals surface area (Å²) >= 11 is 0. The van der Waals surface area contributed by atoms with Gasteiger partial charge in [-0.15, -0.1) is 0 Å². The van der Waals surface area contributed by atoms with Gasteiger partial charge in [0, 0.05) is 26.2 Å². The van der Waals surface area contributed by atoms with Crippen LogP contribution in [-0.2, 0) is 4.79 Å². The number of aliphatic carboxylic acids is 1. The first kappa shape index (κ1) is 15.9. The Labute approximate surface area is 119 Å². The standard InChI is InChI=1S/C12H18F3N3O3/c13-12(14,15)7-17-3-5-18(6-4-17)11(21)16-9(10(19)20)8-1-2-8/h8-9H,1-7H2,(H,16,21)(H,19,20). The van der Waals surface area contributed by atoms with Gasteiger partial charge in [0.15, 0.2) is 0 Å². The highest BCUT2D eigenvalue weighted by Gasteiger charge is 2.38. The maximum atomic E-state index is 12.3. The molecule has 120 valence electrons. The fourth-order valence-electron chi connectivity index (χ4n) is 2.40. The number of alkyl halides is 3.